The van der Waals surface area contributed by atoms with Crippen molar-refractivity contribution in [3.05, 3.63) is 77.9 Å². The van der Waals surface area contributed by atoms with E-state index in [1.54, 1.807) is 30.5 Å². The smallest absolute Gasteiger partial charge is 0.263 e. The van der Waals surface area contributed by atoms with E-state index < -0.39 is 16.1 Å². The van der Waals surface area contributed by atoms with Crippen LogP contribution in [0.25, 0.3) is 0 Å². The van der Waals surface area contributed by atoms with Crippen molar-refractivity contribution in [3.63, 3.8) is 0 Å². The van der Waals surface area contributed by atoms with Gasteiger partial charge in [-0.15, -0.1) is 0 Å². The number of hydrogen-bond donors (Lipinski definition) is 1. The van der Waals surface area contributed by atoms with E-state index in [9.17, 15) is 13.2 Å². The number of carbonyl (C=O) groups excluding carboxylic acids is 1. The molecule has 0 bridgehead atoms. The molecule has 0 fully saturated rings. The Morgan fingerprint density at radius 2 is 1.87 bits per heavy atom. The lowest BCUT2D eigenvalue weighted by Gasteiger charge is -2.33. The molecule has 1 atom stereocenters. The van der Waals surface area contributed by atoms with Crippen LogP contribution < -0.4 is 14.4 Å². The van der Waals surface area contributed by atoms with Gasteiger partial charge in [0.05, 0.1) is 18.5 Å². The Balaban J connectivity index is 1.39. The Morgan fingerprint density at radius 1 is 1.16 bits per heavy atom. The molecule has 1 aliphatic rings. The number of nitrogens with one attached hydrogen (secondary N) is 1. The number of nitrogens with zero attached hydrogens (tertiary/aromatic N) is 3. The molecule has 9 heteroatoms. The van der Waals surface area contributed by atoms with Gasteiger partial charge in [0.1, 0.15) is 11.6 Å². The molecule has 1 unspecified atom stereocenters. The van der Waals surface area contributed by atoms with Crippen molar-refractivity contribution >= 4 is 21.6 Å². The molecule has 2 heterocycles. The highest BCUT2D eigenvalue weighted by Gasteiger charge is 2.34. The minimum Gasteiger partial charge on any atom is -0.476 e. The van der Waals surface area contributed by atoms with E-state index >= 15 is 0 Å². The third-order valence-corrected chi connectivity index (χ3v) is 6.34. The number of aryl methyl sites for hydroxylation is 1. The average Bonchev–Trinajstić information content (AvgIpc) is 3.15. The summed E-state index contributed by atoms with van der Waals surface area (Å²) in [6.07, 6.45) is 3.91. The van der Waals surface area contributed by atoms with Gasteiger partial charge in [-0.05, 0) is 30.2 Å². The third-order valence-electron chi connectivity index (χ3n) is 5.19. The van der Waals surface area contributed by atoms with Crippen molar-refractivity contribution in [1.82, 2.24) is 14.9 Å². The second kappa shape index (κ2) is 8.43. The van der Waals surface area contributed by atoms with Crippen LogP contribution in [0.1, 0.15) is 17.0 Å². The fraction of sp³-hybridized carbons (Fsp3) is 0.273. The third kappa shape index (κ3) is 4.72. The van der Waals surface area contributed by atoms with Gasteiger partial charge in [-0.1, -0.05) is 36.4 Å². The summed E-state index contributed by atoms with van der Waals surface area (Å²) in [5.74, 6) is 0.966. The monoisotopic (exact) mass is 440 g/mol. The van der Waals surface area contributed by atoms with Gasteiger partial charge in [0.15, 0.2) is 6.10 Å². The summed E-state index contributed by atoms with van der Waals surface area (Å²) < 4.78 is 33.4. The molecular weight excluding hydrogens is 416 g/mol. The maximum absolute atomic E-state index is 12.7. The molecule has 1 aromatic heterocycles. The number of anilines is 1. The van der Waals surface area contributed by atoms with Crippen molar-refractivity contribution in [2.24, 2.45) is 0 Å². The maximum Gasteiger partial charge on any atom is 0.263 e. The van der Waals surface area contributed by atoms with Gasteiger partial charge in [-0.3, -0.25) is 9.10 Å². The van der Waals surface area contributed by atoms with Gasteiger partial charge < -0.3 is 14.6 Å². The number of carbonyl (C=O) groups is 1. The van der Waals surface area contributed by atoms with Crippen LogP contribution in [0.5, 0.6) is 5.75 Å². The molecule has 4 rings (SSSR count). The van der Waals surface area contributed by atoms with E-state index in [4.69, 9.17) is 4.74 Å². The number of rotatable bonds is 6. The molecular formula is C22H24N4O4S. The molecule has 162 valence electrons. The van der Waals surface area contributed by atoms with E-state index in [1.165, 1.54) is 4.31 Å². The second-order valence-corrected chi connectivity index (χ2v) is 9.41. The van der Waals surface area contributed by atoms with Crippen LogP contribution in [0.2, 0.25) is 0 Å². The second-order valence-electron chi connectivity index (χ2n) is 7.50. The van der Waals surface area contributed by atoms with Gasteiger partial charge in [0.25, 0.3) is 5.91 Å². The van der Waals surface area contributed by atoms with Gasteiger partial charge in [0.2, 0.25) is 10.0 Å². The van der Waals surface area contributed by atoms with Crippen molar-refractivity contribution in [2.45, 2.75) is 26.1 Å². The molecule has 3 aromatic rings. The standard InChI is InChI=1S/C22H24N4O4S/c1-16-23-11-12-25(16)14-18-9-7-17(8-10-18)13-24-22(27)21-15-26(31(2,28)29)19-5-3-4-6-20(19)30-21/h3-12,21H,13-15H2,1-2H3,(H,24,27). The maximum atomic E-state index is 12.7. The first-order valence-corrected chi connectivity index (χ1v) is 11.7. The molecule has 1 amide bonds. The van der Waals surface area contributed by atoms with Crippen LogP contribution in [-0.2, 0) is 27.9 Å². The van der Waals surface area contributed by atoms with E-state index in [-0.39, 0.29) is 12.5 Å². The number of imidazole rings is 1. The fourth-order valence-corrected chi connectivity index (χ4v) is 4.40. The highest BCUT2D eigenvalue weighted by atomic mass is 32.2. The summed E-state index contributed by atoms with van der Waals surface area (Å²) in [6, 6.07) is 14.7. The van der Waals surface area contributed by atoms with Crippen molar-refractivity contribution < 1.29 is 17.9 Å². The highest BCUT2D eigenvalue weighted by Crippen LogP contribution is 2.34. The number of sulfonamides is 1. The summed E-state index contributed by atoms with van der Waals surface area (Å²) in [6.45, 7) is 2.95. The van der Waals surface area contributed by atoms with Crippen LogP contribution in [0, 0.1) is 6.92 Å². The zero-order valence-electron chi connectivity index (χ0n) is 17.4. The molecule has 0 aliphatic carbocycles. The van der Waals surface area contributed by atoms with Crippen molar-refractivity contribution in [1.29, 1.82) is 0 Å². The van der Waals surface area contributed by atoms with Crippen molar-refractivity contribution in [3.8, 4) is 5.75 Å². The molecule has 1 N–H and O–H groups in total. The highest BCUT2D eigenvalue weighted by molar-refractivity contribution is 7.92. The van der Waals surface area contributed by atoms with E-state index in [0.717, 1.165) is 29.8 Å². The SMILES string of the molecule is Cc1nccn1Cc1ccc(CNC(=O)C2CN(S(C)(=O)=O)c3ccccc3O2)cc1. The normalized spacial score (nSPS) is 15.8. The molecule has 31 heavy (non-hydrogen) atoms. The number of para-hydroxylation sites is 2. The zero-order chi connectivity index (χ0) is 22.0. The first-order chi connectivity index (χ1) is 14.8. The largest absolute Gasteiger partial charge is 0.476 e. The molecule has 8 nitrogen and oxygen atoms in total. The lowest BCUT2D eigenvalue weighted by molar-refractivity contribution is -0.127. The van der Waals surface area contributed by atoms with Crippen LogP contribution in [-0.4, -0.2) is 42.8 Å². The van der Waals surface area contributed by atoms with Crippen LogP contribution >= 0.6 is 0 Å². The average molecular weight is 441 g/mol. The Bertz CT molecular complexity index is 1190. The topological polar surface area (TPSA) is 93.5 Å². The summed E-state index contributed by atoms with van der Waals surface area (Å²) >= 11 is 0. The predicted molar refractivity (Wildman–Crippen MR) is 117 cm³/mol. The van der Waals surface area contributed by atoms with Gasteiger partial charge in [0, 0.05) is 25.5 Å². The Kier molecular flexibility index (Phi) is 5.69. The molecule has 0 saturated carbocycles. The van der Waals surface area contributed by atoms with Gasteiger partial charge in [-0.25, -0.2) is 13.4 Å². The first-order valence-electron chi connectivity index (χ1n) is 9.88. The number of ether oxygens (including phenoxy) is 1. The number of amides is 1. The van der Waals surface area contributed by atoms with Gasteiger partial charge in [-0.2, -0.15) is 0 Å². The zero-order valence-corrected chi connectivity index (χ0v) is 18.2. The molecule has 0 spiro atoms. The van der Waals surface area contributed by atoms with Crippen molar-refractivity contribution in [2.75, 3.05) is 17.1 Å². The number of hydrogen-bond acceptors (Lipinski definition) is 5. The van der Waals surface area contributed by atoms with E-state index in [1.807, 2.05) is 37.4 Å². The Morgan fingerprint density at radius 3 is 2.55 bits per heavy atom. The van der Waals surface area contributed by atoms with Crippen LogP contribution in [0.3, 0.4) is 0 Å². The predicted octanol–water partition coefficient (Wildman–Crippen LogP) is 2.08. The Labute approximate surface area is 181 Å². The fourth-order valence-electron chi connectivity index (χ4n) is 3.49. The summed E-state index contributed by atoms with van der Waals surface area (Å²) in [5, 5.41) is 2.84. The number of benzene rings is 2. The minimum atomic E-state index is -3.54. The molecule has 2 aromatic carbocycles. The van der Waals surface area contributed by atoms with E-state index in [0.29, 0.717) is 18.0 Å². The van der Waals surface area contributed by atoms with Crippen LogP contribution in [0.15, 0.2) is 60.9 Å². The summed E-state index contributed by atoms with van der Waals surface area (Å²) in [5.41, 5.74) is 2.51. The van der Waals surface area contributed by atoms with Gasteiger partial charge >= 0.3 is 0 Å². The summed E-state index contributed by atoms with van der Waals surface area (Å²) in [7, 11) is -3.54. The lowest BCUT2D eigenvalue weighted by Crippen LogP contribution is -2.50. The molecule has 0 saturated heterocycles. The minimum absolute atomic E-state index is 0.0646. The number of fused-ring (bicyclic) bond motifs is 1. The molecule has 1 aliphatic heterocycles. The lowest BCUT2D eigenvalue weighted by atomic mass is 10.1. The van der Waals surface area contributed by atoms with E-state index in [2.05, 4.69) is 14.9 Å². The summed E-state index contributed by atoms with van der Waals surface area (Å²) in [4.78, 5) is 16.9. The quantitative estimate of drug-likeness (QED) is 0.634. The first kappa shape index (κ1) is 20.9. The number of aromatic nitrogens is 2. The molecule has 0 radical (unpaired) electrons. The Hall–Kier alpha value is -3.33. The van der Waals surface area contributed by atoms with Crippen LogP contribution in [0.4, 0.5) is 5.69 Å².